The number of esters is 1. The van der Waals surface area contributed by atoms with Crippen LogP contribution in [0.5, 0.6) is 0 Å². The maximum Gasteiger partial charge on any atom is 0.334 e. The summed E-state index contributed by atoms with van der Waals surface area (Å²) in [6.07, 6.45) is 11.8. The van der Waals surface area contributed by atoms with Gasteiger partial charge in [0.25, 0.3) is 0 Å². The fourth-order valence-corrected chi connectivity index (χ4v) is 3.24. The summed E-state index contributed by atoms with van der Waals surface area (Å²) in [6, 6.07) is 0. The predicted octanol–water partition coefficient (Wildman–Crippen LogP) is 4.25. The summed E-state index contributed by atoms with van der Waals surface area (Å²) in [6.45, 7) is 8.25. The second kappa shape index (κ2) is 8.30. The molecule has 1 heterocycles. The molecule has 0 aromatic carbocycles. The van der Waals surface area contributed by atoms with Crippen LogP contribution in [0.1, 0.15) is 52.4 Å². The van der Waals surface area contributed by atoms with Gasteiger partial charge in [0.2, 0.25) is 0 Å². The van der Waals surface area contributed by atoms with Gasteiger partial charge in [-0.15, -0.1) is 0 Å². The van der Waals surface area contributed by atoms with Crippen molar-refractivity contribution in [1.29, 1.82) is 0 Å². The Balaban J connectivity index is 2.22. The van der Waals surface area contributed by atoms with Gasteiger partial charge in [0.05, 0.1) is 6.61 Å². The molecular formula is C20H28O3. The summed E-state index contributed by atoms with van der Waals surface area (Å²) in [4.78, 5) is 11.9. The minimum atomic E-state index is -0.270. The largest absolute Gasteiger partial charge is 0.458 e. The number of aliphatic hydroxyl groups is 1. The number of carbonyl (C=O) groups is 1. The second-order valence-corrected chi connectivity index (χ2v) is 6.71. The number of allylic oxidation sites excluding steroid dienone is 4. The van der Waals surface area contributed by atoms with E-state index in [0.717, 1.165) is 37.7 Å². The van der Waals surface area contributed by atoms with Gasteiger partial charge in [-0.3, -0.25) is 0 Å². The zero-order chi connectivity index (χ0) is 16.8. The topological polar surface area (TPSA) is 46.5 Å². The van der Waals surface area contributed by atoms with E-state index >= 15 is 0 Å². The van der Waals surface area contributed by atoms with Crippen LogP contribution in [-0.4, -0.2) is 23.8 Å². The summed E-state index contributed by atoms with van der Waals surface area (Å²) in [7, 11) is 0. The predicted molar refractivity (Wildman–Crippen MR) is 92.9 cm³/mol. The smallest absolute Gasteiger partial charge is 0.334 e. The molecule has 0 aromatic rings. The summed E-state index contributed by atoms with van der Waals surface area (Å²) in [5, 5.41) is 9.54. The zero-order valence-electron chi connectivity index (χ0n) is 14.3. The van der Waals surface area contributed by atoms with E-state index in [4.69, 9.17) is 4.74 Å². The minimum Gasteiger partial charge on any atom is -0.458 e. The van der Waals surface area contributed by atoms with E-state index in [0.29, 0.717) is 12.0 Å². The number of ether oxygens (including phenoxy) is 1. The molecule has 126 valence electrons. The van der Waals surface area contributed by atoms with Gasteiger partial charge in [0, 0.05) is 17.9 Å². The highest BCUT2D eigenvalue weighted by molar-refractivity contribution is 5.90. The lowest BCUT2D eigenvalue weighted by Gasteiger charge is -2.17. The average molecular weight is 316 g/mol. The van der Waals surface area contributed by atoms with Crippen molar-refractivity contribution in [3.8, 4) is 0 Å². The Hall–Kier alpha value is -1.61. The van der Waals surface area contributed by atoms with E-state index in [1.807, 2.05) is 0 Å². The standard InChI is InChI=1S/C20H28O3/c1-14-6-4-8-15(2)12-19-18(16(3)20(22)23-19)11-10-17(13-21)9-5-7-14/h7-8,10,18-19,21H,3-6,9,11-13H2,1-2H3/b14-7-,15-8+,17-10-/t18-,19+/m1/s1. The lowest BCUT2D eigenvalue weighted by Crippen LogP contribution is -2.17. The van der Waals surface area contributed by atoms with Gasteiger partial charge in [0.15, 0.2) is 0 Å². The molecule has 2 aliphatic rings. The van der Waals surface area contributed by atoms with Gasteiger partial charge in [-0.2, -0.15) is 0 Å². The Morgan fingerprint density at radius 3 is 2.61 bits per heavy atom. The van der Waals surface area contributed by atoms with E-state index in [2.05, 4.69) is 38.7 Å². The molecule has 3 nitrogen and oxygen atoms in total. The molecule has 2 atom stereocenters. The third kappa shape index (κ3) is 4.93. The molecule has 0 unspecified atom stereocenters. The summed E-state index contributed by atoms with van der Waals surface area (Å²) < 4.78 is 5.52. The van der Waals surface area contributed by atoms with Gasteiger partial charge in [-0.1, -0.05) is 36.0 Å². The van der Waals surface area contributed by atoms with E-state index < -0.39 is 0 Å². The number of carbonyl (C=O) groups excluding carboxylic acids is 1. The van der Waals surface area contributed by atoms with Gasteiger partial charge in [0.1, 0.15) is 6.10 Å². The molecule has 1 fully saturated rings. The first-order valence-electron chi connectivity index (χ1n) is 8.51. The van der Waals surface area contributed by atoms with Gasteiger partial charge < -0.3 is 9.84 Å². The van der Waals surface area contributed by atoms with E-state index in [-0.39, 0.29) is 24.6 Å². The van der Waals surface area contributed by atoms with Crippen molar-refractivity contribution in [1.82, 2.24) is 0 Å². The van der Waals surface area contributed by atoms with Crippen LogP contribution in [0.25, 0.3) is 0 Å². The molecule has 2 rings (SSSR count). The molecule has 1 aliphatic carbocycles. The summed E-state index contributed by atoms with van der Waals surface area (Å²) >= 11 is 0. The molecular weight excluding hydrogens is 288 g/mol. The monoisotopic (exact) mass is 316 g/mol. The van der Waals surface area contributed by atoms with Crippen molar-refractivity contribution < 1.29 is 14.6 Å². The fourth-order valence-electron chi connectivity index (χ4n) is 3.24. The second-order valence-electron chi connectivity index (χ2n) is 6.71. The first-order valence-corrected chi connectivity index (χ1v) is 8.51. The Morgan fingerprint density at radius 1 is 1.17 bits per heavy atom. The van der Waals surface area contributed by atoms with Gasteiger partial charge in [-0.25, -0.2) is 4.79 Å². The number of rotatable bonds is 1. The Labute approximate surface area is 139 Å². The lowest BCUT2D eigenvalue weighted by atomic mass is 9.88. The Morgan fingerprint density at radius 2 is 1.87 bits per heavy atom. The molecule has 23 heavy (non-hydrogen) atoms. The third-order valence-electron chi connectivity index (χ3n) is 4.79. The van der Waals surface area contributed by atoms with Crippen molar-refractivity contribution in [3.05, 3.63) is 47.1 Å². The van der Waals surface area contributed by atoms with E-state index in [1.54, 1.807) is 0 Å². The van der Waals surface area contributed by atoms with Crippen LogP contribution in [0.3, 0.4) is 0 Å². The maximum atomic E-state index is 11.9. The van der Waals surface area contributed by atoms with Crippen LogP contribution in [-0.2, 0) is 9.53 Å². The highest BCUT2D eigenvalue weighted by Gasteiger charge is 2.37. The molecule has 0 amide bonds. The minimum absolute atomic E-state index is 0.0209. The van der Waals surface area contributed by atoms with Crippen LogP contribution < -0.4 is 0 Å². The highest BCUT2D eigenvalue weighted by atomic mass is 16.6. The molecule has 0 saturated carbocycles. The summed E-state index contributed by atoms with van der Waals surface area (Å²) in [5.74, 6) is -0.249. The van der Waals surface area contributed by atoms with E-state index in [9.17, 15) is 9.90 Å². The lowest BCUT2D eigenvalue weighted by molar-refractivity contribution is -0.139. The number of hydrogen-bond donors (Lipinski definition) is 1. The van der Waals surface area contributed by atoms with Crippen LogP contribution >= 0.6 is 0 Å². The van der Waals surface area contributed by atoms with Crippen LogP contribution in [0, 0.1) is 5.92 Å². The van der Waals surface area contributed by atoms with Crippen molar-refractivity contribution in [2.75, 3.05) is 6.61 Å². The van der Waals surface area contributed by atoms with Crippen molar-refractivity contribution >= 4 is 5.97 Å². The van der Waals surface area contributed by atoms with Crippen LogP contribution in [0.2, 0.25) is 0 Å². The zero-order valence-corrected chi connectivity index (χ0v) is 14.3. The fraction of sp³-hybridized carbons (Fsp3) is 0.550. The molecule has 1 N–H and O–H groups in total. The van der Waals surface area contributed by atoms with Crippen molar-refractivity contribution in [2.24, 2.45) is 5.92 Å². The Kier molecular flexibility index (Phi) is 6.40. The highest BCUT2D eigenvalue weighted by Crippen LogP contribution is 2.34. The molecule has 1 saturated heterocycles. The normalized spacial score (nSPS) is 34.1. The maximum absolute atomic E-state index is 11.9. The molecule has 0 aromatic heterocycles. The molecule has 0 radical (unpaired) electrons. The number of hydrogen-bond acceptors (Lipinski definition) is 3. The summed E-state index contributed by atoms with van der Waals surface area (Å²) in [5.41, 5.74) is 4.25. The molecule has 1 aliphatic heterocycles. The van der Waals surface area contributed by atoms with Gasteiger partial charge in [-0.05, 0) is 51.5 Å². The van der Waals surface area contributed by atoms with Crippen LogP contribution in [0.15, 0.2) is 47.1 Å². The average Bonchev–Trinajstić information content (AvgIpc) is 2.76. The van der Waals surface area contributed by atoms with E-state index in [1.165, 1.54) is 11.1 Å². The van der Waals surface area contributed by atoms with Crippen molar-refractivity contribution in [2.45, 2.75) is 58.5 Å². The molecule has 0 bridgehead atoms. The van der Waals surface area contributed by atoms with Crippen molar-refractivity contribution in [3.63, 3.8) is 0 Å². The molecule has 3 heteroatoms. The number of aliphatic hydroxyl groups excluding tert-OH is 1. The van der Waals surface area contributed by atoms with Crippen LogP contribution in [0.4, 0.5) is 0 Å². The first kappa shape index (κ1) is 17.7. The first-order chi connectivity index (χ1) is 11.0. The third-order valence-corrected chi connectivity index (χ3v) is 4.79. The number of fused-ring (bicyclic) bond motifs is 1. The Bertz CT molecular complexity index is 551. The molecule has 0 spiro atoms. The SMILES string of the molecule is C=C1C(=O)O[C@H]2C/C(C)=C/CC/C(C)=C\CC/C(CO)=C/C[C@H]12. The quantitative estimate of drug-likeness (QED) is 0.447. The van der Waals surface area contributed by atoms with Gasteiger partial charge >= 0.3 is 5.97 Å².